The molecule has 2 rings (SSSR count). The van der Waals surface area contributed by atoms with Crippen molar-refractivity contribution in [2.75, 3.05) is 11.9 Å². The summed E-state index contributed by atoms with van der Waals surface area (Å²) in [6, 6.07) is 8.38. The molecule has 1 saturated carbocycles. The first-order valence-corrected chi connectivity index (χ1v) is 7.79. The maximum atomic E-state index is 6.27. The molecular formula is C14H18BrClO. The predicted molar refractivity (Wildman–Crippen MR) is 76.6 cm³/mol. The number of ether oxygens (including phenoxy) is 1. The molecule has 1 aromatic carbocycles. The summed E-state index contributed by atoms with van der Waals surface area (Å²) >= 11 is 9.66. The highest BCUT2D eigenvalue weighted by atomic mass is 79.9. The molecule has 0 radical (unpaired) electrons. The Hall–Kier alpha value is -0.210. The van der Waals surface area contributed by atoms with E-state index in [0.717, 1.165) is 23.9 Å². The molecule has 0 aliphatic heterocycles. The first kappa shape index (κ1) is 13.2. The van der Waals surface area contributed by atoms with Gasteiger partial charge >= 0.3 is 0 Å². The normalized spacial score (nSPS) is 24.6. The largest absolute Gasteiger partial charge is 0.492 e. The van der Waals surface area contributed by atoms with Crippen molar-refractivity contribution >= 4 is 27.5 Å². The lowest BCUT2D eigenvalue weighted by atomic mass is 9.83. The smallest absolute Gasteiger partial charge is 0.122 e. The van der Waals surface area contributed by atoms with E-state index in [1.54, 1.807) is 0 Å². The lowest BCUT2D eigenvalue weighted by Gasteiger charge is -2.27. The Morgan fingerprint density at radius 3 is 2.88 bits per heavy atom. The van der Waals surface area contributed by atoms with Crippen LogP contribution in [0.4, 0.5) is 0 Å². The Kier molecular flexibility index (Phi) is 5.17. The minimum absolute atomic E-state index is 0.331. The number of hydrogen-bond acceptors (Lipinski definition) is 1. The van der Waals surface area contributed by atoms with Crippen molar-refractivity contribution in [3.05, 3.63) is 29.8 Å². The average molecular weight is 318 g/mol. The number of para-hydroxylation sites is 1. The second-order valence-corrected chi connectivity index (χ2v) is 5.95. The van der Waals surface area contributed by atoms with E-state index in [1.165, 1.54) is 18.4 Å². The lowest BCUT2D eigenvalue weighted by molar-refractivity contribution is 0.333. The van der Waals surface area contributed by atoms with E-state index in [9.17, 15) is 0 Å². The quantitative estimate of drug-likeness (QED) is 0.730. The Balaban J connectivity index is 2.12. The maximum absolute atomic E-state index is 6.27. The summed E-state index contributed by atoms with van der Waals surface area (Å²) < 4.78 is 5.78. The molecular weight excluding hydrogens is 300 g/mol. The molecule has 0 bridgehead atoms. The van der Waals surface area contributed by atoms with Crippen LogP contribution in [0.3, 0.4) is 0 Å². The van der Waals surface area contributed by atoms with E-state index < -0.39 is 0 Å². The van der Waals surface area contributed by atoms with Gasteiger partial charge in [0.15, 0.2) is 0 Å². The third kappa shape index (κ3) is 3.62. The molecule has 1 nitrogen and oxygen atoms in total. The number of rotatable bonds is 4. The summed E-state index contributed by atoms with van der Waals surface area (Å²) in [7, 11) is 0. The minimum atomic E-state index is 0.331. The van der Waals surface area contributed by atoms with E-state index in [0.29, 0.717) is 17.9 Å². The second kappa shape index (κ2) is 6.65. The van der Waals surface area contributed by atoms with E-state index >= 15 is 0 Å². The van der Waals surface area contributed by atoms with Crippen molar-refractivity contribution in [1.82, 2.24) is 0 Å². The van der Waals surface area contributed by atoms with Crippen LogP contribution in [0.5, 0.6) is 5.75 Å². The topological polar surface area (TPSA) is 9.23 Å². The minimum Gasteiger partial charge on any atom is -0.492 e. The van der Waals surface area contributed by atoms with E-state index in [2.05, 4.69) is 34.1 Å². The molecule has 17 heavy (non-hydrogen) atoms. The van der Waals surface area contributed by atoms with Gasteiger partial charge in [-0.15, -0.1) is 11.6 Å². The summed E-state index contributed by atoms with van der Waals surface area (Å²) in [6.45, 7) is 0.716. The molecule has 0 N–H and O–H groups in total. The fourth-order valence-corrected chi connectivity index (χ4v) is 3.04. The van der Waals surface area contributed by atoms with Crippen molar-refractivity contribution in [1.29, 1.82) is 0 Å². The van der Waals surface area contributed by atoms with Gasteiger partial charge in [0.05, 0.1) is 6.61 Å². The van der Waals surface area contributed by atoms with Crippen LogP contribution < -0.4 is 4.74 Å². The molecule has 0 heterocycles. The fourth-order valence-electron chi connectivity index (χ4n) is 2.51. The van der Waals surface area contributed by atoms with Gasteiger partial charge in [0, 0.05) is 10.7 Å². The van der Waals surface area contributed by atoms with Gasteiger partial charge in [-0.3, -0.25) is 0 Å². The van der Waals surface area contributed by atoms with Gasteiger partial charge in [0.1, 0.15) is 5.75 Å². The van der Waals surface area contributed by atoms with Crippen LogP contribution in [0.25, 0.3) is 0 Å². The van der Waals surface area contributed by atoms with Crippen LogP contribution in [0.15, 0.2) is 24.3 Å². The van der Waals surface area contributed by atoms with Crippen LogP contribution in [0.2, 0.25) is 0 Å². The molecule has 94 valence electrons. The molecule has 3 heteroatoms. The second-order valence-electron chi connectivity index (χ2n) is 4.54. The number of benzene rings is 1. The van der Waals surface area contributed by atoms with Crippen LogP contribution in [-0.2, 0) is 0 Å². The molecule has 1 aromatic rings. The first-order valence-electron chi connectivity index (χ1n) is 6.23. The summed E-state index contributed by atoms with van der Waals surface area (Å²) in [6.07, 6.45) is 4.70. The van der Waals surface area contributed by atoms with Gasteiger partial charge < -0.3 is 4.74 Å². The zero-order valence-electron chi connectivity index (χ0n) is 9.87. The highest BCUT2D eigenvalue weighted by molar-refractivity contribution is 9.09. The van der Waals surface area contributed by atoms with Gasteiger partial charge in [0.2, 0.25) is 0 Å². The zero-order valence-corrected chi connectivity index (χ0v) is 12.2. The molecule has 0 amide bonds. The monoisotopic (exact) mass is 316 g/mol. The summed E-state index contributed by atoms with van der Waals surface area (Å²) in [5, 5.41) is 1.20. The molecule has 1 aliphatic rings. The summed E-state index contributed by atoms with van der Waals surface area (Å²) in [5.41, 5.74) is 1.33. The van der Waals surface area contributed by atoms with Crippen LogP contribution in [-0.4, -0.2) is 17.3 Å². The van der Waals surface area contributed by atoms with Gasteiger partial charge in [-0.2, -0.15) is 0 Å². The standard InChI is InChI=1S/C14H18BrClO/c15-8-9-17-14-7-2-1-6-13(14)11-4-3-5-12(16)10-11/h1-2,6-7,11-12H,3-5,8-10H2. The number of hydrogen-bond donors (Lipinski definition) is 0. The van der Waals surface area contributed by atoms with E-state index in [4.69, 9.17) is 16.3 Å². The third-order valence-corrected chi connectivity index (χ3v) is 4.02. The first-order chi connectivity index (χ1) is 8.31. The van der Waals surface area contributed by atoms with Crippen molar-refractivity contribution in [2.45, 2.75) is 37.0 Å². The molecule has 0 aromatic heterocycles. The Morgan fingerprint density at radius 1 is 1.29 bits per heavy atom. The fraction of sp³-hybridized carbons (Fsp3) is 0.571. The van der Waals surface area contributed by atoms with Crippen LogP contribution in [0, 0.1) is 0 Å². The number of alkyl halides is 2. The Bertz CT molecular complexity index is 356. The third-order valence-electron chi connectivity index (χ3n) is 3.30. The molecule has 0 spiro atoms. The Morgan fingerprint density at radius 2 is 2.12 bits per heavy atom. The molecule has 2 atom stereocenters. The summed E-state index contributed by atoms with van der Waals surface area (Å²) in [5.74, 6) is 1.60. The van der Waals surface area contributed by atoms with Crippen molar-refractivity contribution in [3.8, 4) is 5.75 Å². The zero-order chi connectivity index (χ0) is 12.1. The SMILES string of the molecule is ClC1CCCC(c2ccccc2OCCBr)C1. The van der Waals surface area contributed by atoms with Crippen LogP contribution in [0.1, 0.15) is 37.2 Å². The van der Waals surface area contributed by atoms with Crippen molar-refractivity contribution < 1.29 is 4.74 Å². The highest BCUT2D eigenvalue weighted by Gasteiger charge is 2.23. The molecule has 1 fully saturated rings. The van der Waals surface area contributed by atoms with Gasteiger partial charge in [-0.05, 0) is 36.8 Å². The van der Waals surface area contributed by atoms with Crippen LogP contribution >= 0.6 is 27.5 Å². The van der Waals surface area contributed by atoms with E-state index in [1.807, 2.05) is 6.07 Å². The van der Waals surface area contributed by atoms with Gasteiger partial charge in [-0.1, -0.05) is 40.5 Å². The Labute approximate surface area is 117 Å². The molecule has 0 saturated heterocycles. The van der Waals surface area contributed by atoms with E-state index in [-0.39, 0.29) is 0 Å². The number of halogens is 2. The predicted octanol–water partition coefficient (Wildman–Crippen LogP) is 4.73. The lowest BCUT2D eigenvalue weighted by Crippen LogP contribution is -2.15. The summed E-state index contributed by atoms with van der Waals surface area (Å²) in [4.78, 5) is 0. The molecule has 2 unspecified atom stereocenters. The van der Waals surface area contributed by atoms with Gasteiger partial charge in [-0.25, -0.2) is 0 Å². The van der Waals surface area contributed by atoms with Gasteiger partial charge in [0.25, 0.3) is 0 Å². The van der Waals surface area contributed by atoms with Crippen molar-refractivity contribution in [2.24, 2.45) is 0 Å². The molecule has 1 aliphatic carbocycles. The maximum Gasteiger partial charge on any atom is 0.122 e. The average Bonchev–Trinajstić information content (AvgIpc) is 2.37. The van der Waals surface area contributed by atoms with Crippen molar-refractivity contribution in [3.63, 3.8) is 0 Å². The highest BCUT2D eigenvalue weighted by Crippen LogP contribution is 2.39.